The molecule has 1 aliphatic carbocycles. The van der Waals surface area contributed by atoms with Gasteiger partial charge in [-0.05, 0) is 50.7 Å². The van der Waals surface area contributed by atoms with Crippen LogP contribution >= 0.6 is 0 Å². The molecule has 0 radical (unpaired) electrons. The first-order chi connectivity index (χ1) is 13.7. The second kappa shape index (κ2) is 10.6. The number of ether oxygens (including phenoxy) is 1. The second-order valence-corrected chi connectivity index (χ2v) is 7.90. The van der Waals surface area contributed by atoms with Gasteiger partial charge in [0.05, 0.1) is 7.11 Å². The van der Waals surface area contributed by atoms with Crippen molar-refractivity contribution in [3.05, 3.63) is 23.8 Å². The highest BCUT2D eigenvalue weighted by Crippen LogP contribution is 2.26. The summed E-state index contributed by atoms with van der Waals surface area (Å²) < 4.78 is 5.14. The lowest BCUT2D eigenvalue weighted by atomic mass is 10.0. The van der Waals surface area contributed by atoms with Crippen LogP contribution in [0.25, 0.3) is 0 Å². The number of nitrogens with one attached hydrogen (secondary N) is 2. The number of benzene rings is 1. The summed E-state index contributed by atoms with van der Waals surface area (Å²) in [5.74, 6) is 1.82. The number of piperidine rings is 1. The quantitative estimate of drug-likeness (QED) is 0.495. The van der Waals surface area contributed by atoms with Crippen molar-refractivity contribution >= 4 is 5.96 Å². The summed E-state index contributed by atoms with van der Waals surface area (Å²) in [5, 5.41) is 17.1. The van der Waals surface area contributed by atoms with E-state index in [0.717, 1.165) is 24.1 Å². The Kier molecular flexibility index (Phi) is 7.83. The molecule has 0 unspecified atom stereocenters. The SMILES string of the molecule is CCNC(=NCCc1ccc(OC)cc1O)NC1CCN(C2CCCC2)CC1. The Morgan fingerprint density at radius 3 is 2.61 bits per heavy atom. The maximum atomic E-state index is 10.1. The maximum Gasteiger partial charge on any atom is 0.191 e. The molecule has 0 aromatic heterocycles. The van der Waals surface area contributed by atoms with Gasteiger partial charge in [0.15, 0.2) is 5.96 Å². The Labute approximate surface area is 169 Å². The molecule has 1 heterocycles. The fraction of sp³-hybridized carbons (Fsp3) is 0.682. The number of likely N-dealkylation sites (tertiary alicyclic amines) is 1. The molecule has 1 aliphatic heterocycles. The van der Waals surface area contributed by atoms with E-state index in [1.165, 1.54) is 51.6 Å². The summed E-state index contributed by atoms with van der Waals surface area (Å²) >= 11 is 0. The van der Waals surface area contributed by atoms with Gasteiger partial charge in [0.1, 0.15) is 11.5 Å². The average Bonchev–Trinajstić information content (AvgIpc) is 3.24. The van der Waals surface area contributed by atoms with Gasteiger partial charge in [0.2, 0.25) is 0 Å². The van der Waals surface area contributed by atoms with E-state index in [2.05, 4.69) is 22.5 Å². The van der Waals surface area contributed by atoms with Crippen molar-refractivity contribution in [1.82, 2.24) is 15.5 Å². The van der Waals surface area contributed by atoms with Crippen LogP contribution in [0.4, 0.5) is 0 Å². The third-order valence-corrected chi connectivity index (χ3v) is 6.00. The van der Waals surface area contributed by atoms with Gasteiger partial charge >= 0.3 is 0 Å². The van der Waals surface area contributed by atoms with Crippen molar-refractivity contribution in [2.24, 2.45) is 4.99 Å². The number of phenols is 1. The maximum absolute atomic E-state index is 10.1. The van der Waals surface area contributed by atoms with Crippen molar-refractivity contribution in [3.8, 4) is 11.5 Å². The van der Waals surface area contributed by atoms with Crippen LogP contribution in [0, 0.1) is 0 Å². The van der Waals surface area contributed by atoms with Crippen LogP contribution in [0.3, 0.4) is 0 Å². The van der Waals surface area contributed by atoms with E-state index >= 15 is 0 Å². The molecule has 3 rings (SSSR count). The number of methoxy groups -OCH3 is 1. The summed E-state index contributed by atoms with van der Waals surface area (Å²) in [7, 11) is 1.60. The molecule has 6 heteroatoms. The predicted octanol–water partition coefficient (Wildman–Crippen LogP) is 2.91. The largest absolute Gasteiger partial charge is 0.508 e. The fourth-order valence-corrected chi connectivity index (χ4v) is 4.36. The van der Waals surface area contributed by atoms with Gasteiger partial charge in [-0.15, -0.1) is 0 Å². The van der Waals surface area contributed by atoms with Crippen molar-refractivity contribution in [2.45, 2.75) is 64.0 Å². The lowest BCUT2D eigenvalue weighted by Gasteiger charge is -2.36. The number of aliphatic imine (C=N–C) groups is 1. The van der Waals surface area contributed by atoms with Crippen molar-refractivity contribution < 1.29 is 9.84 Å². The van der Waals surface area contributed by atoms with Gasteiger partial charge in [-0.1, -0.05) is 18.9 Å². The van der Waals surface area contributed by atoms with Gasteiger partial charge in [-0.3, -0.25) is 4.99 Å². The smallest absolute Gasteiger partial charge is 0.191 e. The number of hydrogen-bond donors (Lipinski definition) is 3. The standard InChI is InChI=1S/C22H36N4O2/c1-3-23-22(24-13-10-17-8-9-20(28-2)16-21(17)27)25-18-11-14-26(15-12-18)19-6-4-5-7-19/h8-9,16,18-19,27H,3-7,10-15H2,1-2H3,(H2,23,24,25). The minimum Gasteiger partial charge on any atom is -0.508 e. The third-order valence-electron chi connectivity index (χ3n) is 6.00. The molecule has 156 valence electrons. The van der Waals surface area contributed by atoms with Crippen LogP contribution in [-0.4, -0.2) is 61.3 Å². The molecular formula is C22H36N4O2. The number of rotatable bonds is 7. The third kappa shape index (κ3) is 5.77. The van der Waals surface area contributed by atoms with E-state index < -0.39 is 0 Å². The van der Waals surface area contributed by atoms with E-state index in [1.807, 2.05) is 12.1 Å². The average molecular weight is 389 g/mol. The first-order valence-corrected chi connectivity index (χ1v) is 10.8. The van der Waals surface area contributed by atoms with Crippen LogP contribution in [0.5, 0.6) is 11.5 Å². The molecule has 1 aromatic carbocycles. The summed E-state index contributed by atoms with van der Waals surface area (Å²) in [6, 6.07) is 6.76. The first kappa shape index (κ1) is 20.8. The molecule has 0 spiro atoms. The van der Waals surface area contributed by atoms with Crippen molar-refractivity contribution in [2.75, 3.05) is 33.3 Å². The summed E-state index contributed by atoms with van der Waals surface area (Å²) in [6.45, 7) is 5.97. The molecule has 6 nitrogen and oxygen atoms in total. The van der Waals surface area contributed by atoms with E-state index in [-0.39, 0.29) is 5.75 Å². The molecular weight excluding hydrogens is 352 g/mol. The first-order valence-electron chi connectivity index (χ1n) is 10.8. The number of aromatic hydroxyl groups is 1. The molecule has 1 saturated carbocycles. The van der Waals surface area contributed by atoms with Crippen molar-refractivity contribution in [3.63, 3.8) is 0 Å². The van der Waals surface area contributed by atoms with Gasteiger partial charge in [0.25, 0.3) is 0 Å². The van der Waals surface area contributed by atoms with Crippen LogP contribution in [0.15, 0.2) is 23.2 Å². The minimum absolute atomic E-state index is 0.270. The fourth-order valence-electron chi connectivity index (χ4n) is 4.36. The number of guanidine groups is 1. The number of hydrogen-bond acceptors (Lipinski definition) is 4. The van der Waals surface area contributed by atoms with E-state index in [1.54, 1.807) is 13.2 Å². The van der Waals surface area contributed by atoms with Crippen LogP contribution in [0.2, 0.25) is 0 Å². The lowest BCUT2D eigenvalue weighted by Crippen LogP contribution is -2.50. The van der Waals surface area contributed by atoms with Crippen LogP contribution in [-0.2, 0) is 6.42 Å². The normalized spacial score (nSPS) is 19.7. The Morgan fingerprint density at radius 1 is 1.21 bits per heavy atom. The zero-order valence-corrected chi connectivity index (χ0v) is 17.4. The van der Waals surface area contributed by atoms with Crippen LogP contribution < -0.4 is 15.4 Å². The molecule has 1 aromatic rings. The Bertz CT molecular complexity index is 635. The Hall–Kier alpha value is -1.95. The molecule has 2 fully saturated rings. The Morgan fingerprint density at radius 2 is 1.96 bits per heavy atom. The van der Waals surface area contributed by atoms with E-state index in [9.17, 15) is 5.11 Å². The topological polar surface area (TPSA) is 69.1 Å². The van der Waals surface area contributed by atoms with Gasteiger partial charge in [0, 0.05) is 44.3 Å². The lowest BCUT2D eigenvalue weighted by molar-refractivity contribution is 0.150. The zero-order chi connectivity index (χ0) is 19.8. The summed E-state index contributed by atoms with van der Waals surface area (Å²) in [5.41, 5.74) is 0.894. The summed E-state index contributed by atoms with van der Waals surface area (Å²) in [6.07, 6.45) is 8.65. The monoisotopic (exact) mass is 388 g/mol. The minimum atomic E-state index is 0.270. The highest BCUT2D eigenvalue weighted by molar-refractivity contribution is 5.80. The molecule has 3 N–H and O–H groups in total. The van der Waals surface area contributed by atoms with E-state index in [4.69, 9.17) is 9.73 Å². The predicted molar refractivity (Wildman–Crippen MR) is 114 cm³/mol. The molecule has 28 heavy (non-hydrogen) atoms. The van der Waals surface area contributed by atoms with Crippen molar-refractivity contribution in [1.29, 1.82) is 0 Å². The van der Waals surface area contributed by atoms with Gasteiger partial charge in [-0.25, -0.2) is 0 Å². The Balaban J connectivity index is 1.47. The highest BCUT2D eigenvalue weighted by atomic mass is 16.5. The molecule has 0 atom stereocenters. The van der Waals surface area contributed by atoms with Gasteiger partial charge < -0.3 is 25.4 Å². The molecule has 0 bridgehead atoms. The zero-order valence-electron chi connectivity index (χ0n) is 17.4. The molecule has 2 aliphatic rings. The van der Waals surface area contributed by atoms with E-state index in [0.29, 0.717) is 24.8 Å². The van der Waals surface area contributed by atoms with Gasteiger partial charge in [-0.2, -0.15) is 0 Å². The second-order valence-electron chi connectivity index (χ2n) is 7.90. The number of nitrogens with zero attached hydrogens (tertiary/aromatic N) is 2. The highest BCUT2D eigenvalue weighted by Gasteiger charge is 2.27. The molecule has 0 amide bonds. The number of phenolic OH excluding ortho intramolecular Hbond substituents is 1. The molecule has 1 saturated heterocycles. The summed E-state index contributed by atoms with van der Waals surface area (Å²) in [4.78, 5) is 7.42. The van der Waals surface area contributed by atoms with Crippen LogP contribution in [0.1, 0.15) is 51.0 Å².